The molecule has 1 fully saturated rings. The number of hydrogen-bond donors (Lipinski definition) is 1. The summed E-state index contributed by atoms with van der Waals surface area (Å²) in [6.07, 6.45) is 4.05. The molecule has 1 aliphatic rings. The molecule has 1 N–H and O–H groups in total. The van der Waals surface area contributed by atoms with Gasteiger partial charge in [-0.25, -0.2) is 5.01 Å². The number of amides is 2. The van der Waals surface area contributed by atoms with Gasteiger partial charge in [-0.3, -0.25) is 19.7 Å². The maximum Gasteiger partial charge on any atom is 0.276 e. The second kappa shape index (κ2) is 9.14. The molecule has 0 radical (unpaired) electrons. The first-order chi connectivity index (χ1) is 15.1. The molecule has 1 unspecified atom stereocenters. The van der Waals surface area contributed by atoms with Crippen LogP contribution in [0.2, 0.25) is 0 Å². The minimum absolute atomic E-state index is 0.185. The van der Waals surface area contributed by atoms with Crippen LogP contribution in [0.4, 0.5) is 0 Å². The zero-order chi connectivity index (χ0) is 21.7. The molecule has 160 valence electrons. The van der Waals surface area contributed by atoms with Crippen molar-refractivity contribution >= 4 is 11.8 Å². The molecule has 1 aromatic heterocycles. The Labute approximate surface area is 181 Å². The number of carbonyl (C=O) groups excluding carboxylic acids is 2. The molecule has 7 nitrogen and oxygen atoms in total. The lowest BCUT2D eigenvalue weighted by molar-refractivity contribution is -0.120. The highest BCUT2D eigenvalue weighted by Gasteiger charge is 2.47. The van der Waals surface area contributed by atoms with Crippen LogP contribution in [0, 0.1) is 0 Å². The van der Waals surface area contributed by atoms with E-state index in [-0.39, 0.29) is 24.8 Å². The van der Waals surface area contributed by atoms with Crippen molar-refractivity contribution in [3.8, 4) is 0 Å². The maximum atomic E-state index is 13.3. The van der Waals surface area contributed by atoms with Gasteiger partial charge in [0.1, 0.15) is 0 Å². The normalized spacial score (nSPS) is 18.2. The molecule has 7 heteroatoms. The fourth-order valence-electron chi connectivity index (χ4n) is 3.82. The lowest BCUT2D eigenvalue weighted by atomic mass is 9.93. The molecule has 3 aromatic rings. The number of nitrogens with one attached hydrogen (secondary N) is 1. The monoisotopic (exact) mass is 418 g/mol. The number of hydrogen-bond acceptors (Lipinski definition) is 4. The van der Waals surface area contributed by atoms with Gasteiger partial charge >= 0.3 is 0 Å². The molecule has 1 saturated heterocycles. The fraction of sp³-hybridized carbons (Fsp3) is 0.292. The Kier molecular flexibility index (Phi) is 6.13. The van der Waals surface area contributed by atoms with Gasteiger partial charge in [-0.05, 0) is 17.5 Å². The van der Waals surface area contributed by atoms with Gasteiger partial charge in [0.05, 0.1) is 43.5 Å². The van der Waals surface area contributed by atoms with Crippen LogP contribution in [0.5, 0.6) is 0 Å². The zero-order valence-electron chi connectivity index (χ0n) is 17.5. The second-order valence-electron chi connectivity index (χ2n) is 7.82. The molecular formula is C24H26N4O3. The van der Waals surface area contributed by atoms with Crippen LogP contribution in [0.25, 0.3) is 0 Å². The number of aromatic nitrogens is 2. The first-order valence-corrected chi connectivity index (χ1v) is 10.4. The van der Waals surface area contributed by atoms with Crippen molar-refractivity contribution in [2.75, 3.05) is 6.61 Å². The molecule has 4 rings (SSSR count). The number of rotatable bonds is 8. The quantitative estimate of drug-likeness (QED) is 0.610. The Morgan fingerprint density at radius 2 is 1.77 bits per heavy atom. The van der Waals surface area contributed by atoms with Crippen LogP contribution in [0.1, 0.15) is 41.3 Å². The van der Waals surface area contributed by atoms with Gasteiger partial charge in [-0.1, -0.05) is 67.6 Å². The van der Waals surface area contributed by atoms with Crippen molar-refractivity contribution < 1.29 is 14.3 Å². The molecule has 2 amide bonds. The Bertz CT molecular complexity index is 1040. The average molecular weight is 418 g/mol. The number of benzene rings is 2. The third kappa shape index (κ3) is 4.67. The summed E-state index contributed by atoms with van der Waals surface area (Å²) in [7, 11) is 0. The number of ether oxygens (including phenoxy) is 1. The Morgan fingerprint density at radius 1 is 1.10 bits per heavy atom. The van der Waals surface area contributed by atoms with E-state index in [9.17, 15) is 9.59 Å². The number of hydrazine groups is 1. The SMILES string of the molecule is CCC1(COCc2ccccc2)CC(=O)NN1C(=O)c1cnn(Cc2ccccc2)c1. The van der Waals surface area contributed by atoms with E-state index >= 15 is 0 Å². The first kappa shape index (κ1) is 20.8. The molecule has 0 saturated carbocycles. The van der Waals surface area contributed by atoms with E-state index in [1.165, 1.54) is 5.01 Å². The topological polar surface area (TPSA) is 76.5 Å². The van der Waals surface area contributed by atoms with Gasteiger partial charge in [0.2, 0.25) is 5.91 Å². The van der Waals surface area contributed by atoms with E-state index in [1.54, 1.807) is 17.1 Å². The summed E-state index contributed by atoms with van der Waals surface area (Å²) >= 11 is 0. The summed E-state index contributed by atoms with van der Waals surface area (Å²) in [5.41, 5.74) is 4.57. The molecule has 2 heterocycles. The highest BCUT2D eigenvalue weighted by Crippen LogP contribution is 2.30. The van der Waals surface area contributed by atoms with Crippen LogP contribution in [-0.4, -0.2) is 38.7 Å². The van der Waals surface area contributed by atoms with Crippen molar-refractivity contribution in [1.82, 2.24) is 20.2 Å². The van der Waals surface area contributed by atoms with E-state index in [0.29, 0.717) is 25.1 Å². The van der Waals surface area contributed by atoms with Gasteiger partial charge in [-0.15, -0.1) is 0 Å². The average Bonchev–Trinajstić information content (AvgIpc) is 3.39. The van der Waals surface area contributed by atoms with Crippen molar-refractivity contribution in [2.45, 2.75) is 38.5 Å². The Balaban J connectivity index is 1.47. The summed E-state index contributed by atoms with van der Waals surface area (Å²) < 4.78 is 7.66. The van der Waals surface area contributed by atoms with E-state index in [4.69, 9.17) is 4.74 Å². The summed E-state index contributed by atoms with van der Waals surface area (Å²) in [6, 6.07) is 19.8. The summed E-state index contributed by atoms with van der Waals surface area (Å²) in [5.74, 6) is -0.467. The van der Waals surface area contributed by atoms with E-state index in [1.807, 2.05) is 67.6 Å². The number of nitrogens with zero attached hydrogens (tertiary/aromatic N) is 3. The van der Waals surface area contributed by atoms with Crippen molar-refractivity contribution in [1.29, 1.82) is 0 Å². The smallest absolute Gasteiger partial charge is 0.276 e. The third-order valence-corrected chi connectivity index (χ3v) is 5.61. The lowest BCUT2D eigenvalue weighted by Gasteiger charge is -2.35. The van der Waals surface area contributed by atoms with Crippen LogP contribution >= 0.6 is 0 Å². The summed E-state index contributed by atoms with van der Waals surface area (Å²) in [4.78, 5) is 25.5. The summed E-state index contributed by atoms with van der Waals surface area (Å²) in [6.45, 7) is 3.22. The predicted molar refractivity (Wildman–Crippen MR) is 116 cm³/mol. The molecule has 31 heavy (non-hydrogen) atoms. The number of carbonyl (C=O) groups is 2. The van der Waals surface area contributed by atoms with E-state index in [0.717, 1.165) is 11.1 Å². The highest BCUT2D eigenvalue weighted by molar-refractivity contribution is 5.97. The molecular weight excluding hydrogens is 392 g/mol. The Hall–Kier alpha value is -3.45. The molecule has 0 aliphatic carbocycles. The second-order valence-corrected chi connectivity index (χ2v) is 7.82. The van der Waals surface area contributed by atoms with Gasteiger partial charge < -0.3 is 4.74 Å². The van der Waals surface area contributed by atoms with Crippen molar-refractivity contribution in [2.24, 2.45) is 0 Å². The molecule has 0 spiro atoms. The third-order valence-electron chi connectivity index (χ3n) is 5.61. The van der Waals surface area contributed by atoms with E-state index in [2.05, 4.69) is 10.5 Å². The van der Waals surface area contributed by atoms with Crippen LogP contribution < -0.4 is 5.43 Å². The molecule has 0 bridgehead atoms. The lowest BCUT2D eigenvalue weighted by Crippen LogP contribution is -2.54. The predicted octanol–water partition coefficient (Wildman–Crippen LogP) is 3.17. The fourth-order valence-corrected chi connectivity index (χ4v) is 3.82. The van der Waals surface area contributed by atoms with Crippen LogP contribution in [0.3, 0.4) is 0 Å². The zero-order valence-corrected chi connectivity index (χ0v) is 17.5. The first-order valence-electron chi connectivity index (χ1n) is 10.4. The van der Waals surface area contributed by atoms with Crippen molar-refractivity contribution in [3.63, 3.8) is 0 Å². The Morgan fingerprint density at radius 3 is 2.45 bits per heavy atom. The standard InChI is InChI=1S/C24H26N4O3/c1-2-24(18-31-17-20-11-7-4-8-12-20)13-22(29)26-28(24)23(30)21-14-25-27(16-21)15-19-9-5-3-6-10-19/h3-12,14,16H,2,13,15,17-18H2,1H3,(H,26,29). The minimum Gasteiger partial charge on any atom is -0.374 e. The van der Waals surface area contributed by atoms with Crippen molar-refractivity contribution in [3.05, 3.63) is 89.7 Å². The van der Waals surface area contributed by atoms with E-state index < -0.39 is 5.54 Å². The molecule has 1 aliphatic heterocycles. The molecule has 2 aromatic carbocycles. The van der Waals surface area contributed by atoms with Gasteiger partial charge in [0.25, 0.3) is 5.91 Å². The van der Waals surface area contributed by atoms with Crippen LogP contribution in [0.15, 0.2) is 73.1 Å². The summed E-state index contributed by atoms with van der Waals surface area (Å²) in [5, 5.41) is 5.76. The maximum absolute atomic E-state index is 13.3. The van der Waals surface area contributed by atoms with Gasteiger partial charge in [-0.2, -0.15) is 5.10 Å². The van der Waals surface area contributed by atoms with Gasteiger partial charge in [0.15, 0.2) is 0 Å². The highest BCUT2D eigenvalue weighted by atomic mass is 16.5. The minimum atomic E-state index is -0.732. The largest absolute Gasteiger partial charge is 0.374 e. The molecule has 1 atom stereocenters. The van der Waals surface area contributed by atoms with Gasteiger partial charge in [0, 0.05) is 6.20 Å². The van der Waals surface area contributed by atoms with Crippen LogP contribution in [-0.2, 0) is 22.7 Å².